The fraction of sp³-hybridized carbons (Fsp3) is 0.214. The lowest BCUT2D eigenvalue weighted by molar-refractivity contribution is -0.384. The van der Waals surface area contributed by atoms with Crippen LogP contribution in [-0.2, 0) is 11.2 Å². The number of nitrogens with zero attached hydrogens (tertiary/aromatic N) is 3. The maximum absolute atomic E-state index is 12.8. The lowest BCUT2D eigenvalue weighted by Gasteiger charge is -2.36. The van der Waals surface area contributed by atoms with E-state index < -0.39 is 4.92 Å². The molecule has 9 heteroatoms. The average Bonchev–Trinajstić information content (AvgIpc) is 2.92. The Morgan fingerprint density at radius 3 is 2.30 bits per heavy atom. The molecule has 3 aromatic rings. The smallest absolute Gasteiger partial charge is 0.288 e. The zero-order valence-corrected chi connectivity index (χ0v) is 21.1. The molecule has 0 saturated carbocycles. The summed E-state index contributed by atoms with van der Waals surface area (Å²) in [4.78, 5) is 39.7. The molecule has 0 bridgehead atoms. The van der Waals surface area contributed by atoms with Gasteiger partial charge in [-0.2, -0.15) is 0 Å². The van der Waals surface area contributed by atoms with Gasteiger partial charge < -0.3 is 15.1 Å². The van der Waals surface area contributed by atoms with Crippen LogP contribution in [0.2, 0.25) is 5.02 Å². The van der Waals surface area contributed by atoms with Gasteiger partial charge in [0, 0.05) is 55.3 Å². The van der Waals surface area contributed by atoms with E-state index in [1.165, 1.54) is 29.8 Å². The number of rotatable bonds is 7. The monoisotopic (exact) mass is 518 g/mol. The molecule has 37 heavy (non-hydrogen) atoms. The van der Waals surface area contributed by atoms with E-state index in [4.69, 9.17) is 11.6 Å². The van der Waals surface area contributed by atoms with Crippen molar-refractivity contribution in [1.82, 2.24) is 4.90 Å². The van der Waals surface area contributed by atoms with Gasteiger partial charge in [0.2, 0.25) is 5.91 Å². The third kappa shape index (κ3) is 6.54. The fourth-order valence-electron chi connectivity index (χ4n) is 4.12. The molecule has 1 heterocycles. The number of carbonyl (C=O) groups excluding carboxylic acids is 2. The van der Waals surface area contributed by atoms with E-state index in [-0.39, 0.29) is 22.5 Å². The molecule has 190 valence electrons. The lowest BCUT2D eigenvalue weighted by atomic mass is 10.1. The van der Waals surface area contributed by atoms with Crippen molar-refractivity contribution in [3.8, 4) is 0 Å². The quantitative estimate of drug-likeness (QED) is 0.256. The Morgan fingerprint density at radius 1 is 1.00 bits per heavy atom. The van der Waals surface area contributed by atoms with Crippen molar-refractivity contribution in [2.24, 2.45) is 0 Å². The number of hydrogen-bond donors (Lipinski definition) is 1. The van der Waals surface area contributed by atoms with Crippen LogP contribution in [0.1, 0.15) is 28.4 Å². The van der Waals surface area contributed by atoms with Gasteiger partial charge in [0.05, 0.1) is 4.92 Å². The van der Waals surface area contributed by atoms with Gasteiger partial charge in [0.1, 0.15) is 5.02 Å². The summed E-state index contributed by atoms with van der Waals surface area (Å²) in [5.74, 6) is -0.300. The van der Waals surface area contributed by atoms with Crippen molar-refractivity contribution in [2.75, 3.05) is 36.4 Å². The molecule has 8 nitrogen and oxygen atoms in total. The first-order valence-electron chi connectivity index (χ1n) is 12.0. The maximum Gasteiger partial charge on any atom is 0.288 e. The predicted molar refractivity (Wildman–Crippen MR) is 146 cm³/mol. The second-order valence-corrected chi connectivity index (χ2v) is 9.07. The number of carbonyl (C=O) groups is 2. The van der Waals surface area contributed by atoms with E-state index in [0.29, 0.717) is 29.9 Å². The molecule has 0 radical (unpaired) electrons. The summed E-state index contributed by atoms with van der Waals surface area (Å²) in [6.45, 7) is 4.82. The molecule has 1 aliphatic heterocycles. The summed E-state index contributed by atoms with van der Waals surface area (Å²) in [6.07, 6.45) is 3.75. The largest absolute Gasteiger partial charge is 0.368 e. The minimum absolute atomic E-state index is 0.0430. The molecule has 1 N–H and O–H groups in total. The van der Waals surface area contributed by atoms with Gasteiger partial charge in [-0.3, -0.25) is 19.7 Å². The van der Waals surface area contributed by atoms with Gasteiger partial charge in [0.15, 0.2) is 0 Å². The molecule has 0 aromatic heterocycles. The normalized spacial score (nSPS) is 13.6. The highest BCUT2D eigenvalue weighted by Gasteiger charge is 2.22. The highest BCUT2D eigenvalue weighted by Crippen LogP contribution is 2.26. The van der Waals surface area contributed by atoms with E-state index in [9.17, 15) is 19.7 Å². The Hall–Kier alpha value is -4.17. The van der Waals surface area contributed by atoms with Gasteiger partial charge in [-0.15, -0.1) is 0 Å². The van der Waals surface area contributed by atoms with Crippen molar-refractivity contribution >= 4 is 46.6 Å². The van der Waals surface area contributed by atoms with Gasteiger partial charge in [-0.25, -0.2) is 0 Å². The first kappa shape index (κ1) is 25.9. The average molecular weight is 519 g/mol. The standard InChI is InChI=1S/C28H27ClN4O4/c1-2-20-3-7-22(8-4-20)28(35)32-17-15-31(16-18-32)24-11-9-23(10-12-24)30-27(34)14-6-21-5-13-25(29)26(19-21)33(36)37/h3-14,19H,2,15-18H2,1H3,(H,30,34)/b14-6+. The van der Waals surface area contributed by atoms with Crippen molar-refractivity contribution in [3.63, 3.8) is 0 Å². The van der Waals surface area contributed by atoms with Crippen LogP contribution in [0.25, 0.3) is 6.08 Å². The second-order valence-electron chi connectivity index (χ2n) is 8.67. The molecule has 3 aromatic carbocycles. The van der Waals surface area contributed by atoms with Gasteiger partial charge >= 0.3 is 0 Å². The highest BCUT2D eigenvalue weighted by atomic mass is 35.5. The van der Waals surface area contributed by atoms with Crippen molar-refractivity contribution < 1.29 is 14.5 Å². The predicted octanol–water partition coefficient (Wildman–Crippen LogP) is 5.42. The lowest BCUT2D eigenvalue weighted by Crippen LogP contribution is -2.48. The third-order valence-corrected chi connectivity index (χ3v) is 6.59. The third-order valence-electron chi connectivity index (χ3n) is 6.27. The Bertz CT molecular complexity index is 1320. The molecule has 1 aliphatic rings. The Labute approximate surface area is 220 Å². The maximum atomic E-state index is 12.8. The van der Waals surface area contributed by atoms with Crippen molar-refractivity contribution in [2.45, 2.75) is 13.3 Å². The zero-order valence-electron chi connectivity index (χ0n) is 20.4. The number of aryl methyl sites for hydroxylation is 1. The molecular formula is C28H27ClN4O4. The summed E-state index contributed by atoms with van der Waals surface area (Å²) < 4.78 is 0. The Balaban J connectivity index is 1.29. The fourth-order valence-corrected chi connectivity index (χ4v) is 4.30. The van der Waals surface area contributed by atoms with Gasteiger partial charge in [-0.05, 0) is 66.1 Å². The van der Waals surface area contributed by atoms with Crippen LogP contribution < -0.4 is 10.2 Å². The molecule has 4 rings (SSSR count). The SMILES string of the molecule is CCc1ccc(C(=O)N2CCN(c3ccc(NC(=O)/C=C/c4ccc(Cl)c([N+](=O)[O-])c4)cc3)CC2)cc1. The molecule has 1 saturated heterocycles. The van der Waals surface area contributed by atoms with Crippen LogP contribution in [0.4, 0.5) is 17.1 Å². The van der Waals surface area contributed by atoms with E-state index >= 15 is 0 Å². The summed E-state index contributed by atoms with van der Waals surface area (Å²) >= 11 is 5.82. The van der Waals surface area contributed by atoms with Crippen LogP contribution >= 0.6 is 11.6 Å². The minimum Gasteiger partial charge on any atom is -0.368 e. The van der Waals surface area contributed by atoms with E-state index in [2.05, 4.69) is 17.1 Å². The number of piperazine rings is 1. The van der Waals surface area contributed by atoms with Crippen molar-refractivity contribution in [1.29, 1.82) is 0 Å². The van der Waals surface area contributed by atoms with Gasteiger partial charge in [-0.1, -0.05) is 36.7 Å². The minimum atomic E-state index is -0.565. The molecule has 1 fully saturated rings. The van der Waals surface area contributed by atoms with Crippen LogP contribution in [-0.4, -0.2) is 47.8 Å². The van der Waals surface area contributed by atoms with Crippen LogP contribution in [0.5, 0.6) is 0 Å². The van der Waals surface area contributed by atoms with Crippen LogP contribution in [0.3, 0.4) is 0 Å². The van der Waals surface area contributed by atoms with E-state index in [0.717, 1.165) is 25.2 Å². The first-order chi connectivity index (χ1) is 17.8. The number of nitro groups is 1. The second kappa shape index (κ2) is 11.7. The summed E-state index contributed by atoms with van der Waals surface area (Å²) in [5.41, 5.74) is 3.86. The first-order valence-corrected chi connectivity index (χ1v) is 12.4. The molecule has 0 spiro atoms. The molecule has 0 aliphatic carbocycles. The molecule has 2 amide bonds. The van der Waals surface area contributed by atoms with Crippen LogP contribution in [0, 0.1) is 10.1 Å². The Morgan fingerprint density at radius 2 is 1.68 bits per heavy atom. The summed E-state index contributed by atoms with van der Waals surface area (Å²) in [7, 11) is 0. The van der Waals surface area contributed by atoms with Crippen molar-refractivity contribution in [3.05, 3.63) is 105 Å². The molecule has 0 atom stereocenters. The number of benzene rings is 3. The number of amides is 2. The Kier molecular flexibility index (Phi) is 8.20. The highest BCUT2D eigenvalue weighted by molar-refractivity contribution is 6.32. The van der Waals surface area contributed by atoms with Crippen LogP contribution in [0.15, 0.2) is 72.8 Å². The summed E-state index contributed by atoms with van der Waals surface area (Å²) in [6, 6.07) is 19.7. The number of anilines is 2. The number of nitro benzene ring substituents is 1. The molecular weight excluding hydrogens is 492 g/mol. The number of nitrogens with one attached hydrogen (secondary N) is 1. The molecule has 0 unspecified atom stereocenters. The van der Waals surface area contributed by atoms with E-state index in [1.54, 1.807) is 6.07 Å². The number of halogens is 1. The van der Waals surface area contributed by atoms with E-state index in [1.807, 2.05) is 53.4 Å². The van der Waals surface area contributed by atoms with Gasteiger partial charge in [0.25, 0.3) is 11.6 Å². The topological polar surface area (TPSA) is 95.8 Å². The number of hydrogen-bond acceptors (Lipinski definition) is 5. The zero-order chi connectivity index (χ0) is 26.4. The summed E-state index contributed by atoms with van der Waals surface area (Å²) in [5, 5.41) is 13.8.